The van der Waals surface area contributed by atoms with Crippen LogP contribution in [0.1, 0.15) is 23.2 Å². The molecule has 0 spiro atoms. The Bertz CT molecular complexity index is 1250. The quantitative estimate of drug-likeness (QED) is 0.545. The van der Waals surface area contributed by atoms with Crippen molar-refractivity contribution in [1.82, 2.24) is 19.2 Å². The number of carbonyl (C=O) groups is 1. The summed E-state index contributed by atoms with van der Waals surface area (Å²) in [4.78, 5) is 27.1. The standard InChI is InChI=1S/C22H25N5O4S2/c1-31-18-7-6-16(15-19(18)33(29,30)27-9-2-3-10-27)21(28)25-11-13-26(14-12-25)22-24-17-5-4-8-23-20(17)32-22/h4-8,15H,2-3,9-14H2,1H3. The third-order valence-corrected chi connectivity index (χ3v) is 9.05. The zero-order valence-corrected chi connectivity index (χ0v) is 19.9. The van der Waals surface area contributed by atoms with Gasteiger partial charge in [-0.2, -0.15) is 4.31 Å². The van der Waals surface area contributed by atoms with E-state index in [0.29, 0.717) is 44.8 Å². The molecule has 2 aliphatic rings. The van der Waals surface area contributed by atoms with Crippen LogP contribution < -0.4 is 9.64 Å². The Morgan fingerprint density at radius 3 is 2.52 bits per heavy atom. The maximum absolute atomic E-state index is 13.2. The first-order valence-electron chi connectivity index (χ1n) is 10.9. The Labute approximate surface area is 196 Å². The van der Waals surface area contributed by atoms with E-state index in [1.54, 1.807) is 34.6 Å². The van der Waals surface area contributed by atoms with E-state index in [1.165, 1.54) is 17.5 Å². The molecule has 0 saturated carbocycles. The summed E-state index contributed by atoms with van der Waals surface area (Å²) in [6, 6.07) is 8.48. The number of hydrogen-bond donors (Lipinski definition) is 0. The molecule has 11 heteroatoms. The van der Waals surface area contributed by atoms with Gasteiger partial charge in [-0.1, -0.05) is 11.3 Å². The van der Waals surface area contributed by atoms with Gasteiger partial charge >= 0.3 is 0 Å². The highest BCUT2D eigenvalue weighted by Gasteiger charge is 2.32. The Morgan fingerprint density at radius 1 is 1.06 bits per heavy atom. The fraction of sp³-hybridized carbons (Fsp3) is 0.409. The topological polar surface area (TPSA) is 95.9 Å². The second kappa shape index (κ2) is 8.88. The highest BCUT2D eigenvalue weighted by Crippen LogP contribution is 2.31. The molecule has 1 amide bonds. The van der Waals surface area contributed by atoms with Gasteiger partial charge in [0.05, 0.1) is 7.11 Å². The van der Waals surface area contributed by atoms with Crippen molar-refractivity contribution in [3.63, 3.8) is 0 Å². The highest BCUT2D eigenvalue weighted by atomic mass is 32.2. The fourth-order valence-corrected chi connectivity index (χ4v) is 6.91. The van der Waals surface area contributed by atoms with E-state index in [4.69, 9.17) is 4.74 Å². The van der Waals surface area contributed by atoms with Crippen LogP contribution in [0.5, 0.6) is 5.75 Å². The molecule has 1 aromatic carbocycles. The lowest BCUT2D eigenvalue weighted by Gasteiger charge is -2.34. The van der Waals surface area contributed by atoms with Crippen molar-refractivity contribution in [2.45, 2.75) is 17.7 Å². The minimum atomic E-state index is -3.71. The van der Waals surface area contributed by atoms with Crippen molar-refractivity contribution >= 4 is 42.7 Å². The third-order valence-electron chi connectivity index (χ3n) is 6.09. The molecule has 0 radical (unpaired) electrons. The Kier molecular flexibility index (Phi) is 5.94. The van der Waals surface area contributed by atoms with Gasteiger partial charge in [0.2, 0.25) is 10.0 Å². The van der Waals surface area contributed by atoms with E-state index < -0.39 is 10.0 Å². The van der Waals surface area contributed by atoms with Gasteiger partial charge in [-0.05, 0) is 43.2 Å². The summed E-state index contributed by atoms with van der Waals surface area (Å²) in [6.45, 7) is 3.35. The molecule has 0 atom stereocenters. The van der Waals surface area contributed by atoms with E-state index in [1.807, 2.05) is 12.1 Å². The molecule has 2 aliphatic heterocycles. The van der Waals surface area contributed by atoms with Gasteiger partial charge in [0.25, 0.3) is 5.91 Å². The number of amides is 1. The number of nitrogens with zero attached hydrogens (tertiary/aromatic N) is 5. The highest BCUT2D eigenvalue weighted by molar-refractivity contribution is 7.89. The normalized spacial score (nSPS) is 17.6. The van der Waals surface area contributed by atoms with Crippen molar-refractivity contribution in [2.24, 2.45) is 0 Å². The van der Waals surface area contributed by atoms with Crippen molar-refractivity contribution in [3.05, 3.63) is 42.1 Å². The average molecular weight is 488 g/mol. The number of carbonyl (C=O) groups excluding carboxylic acids is 1. The molecule has 5 rings (SSSR count). The third kappa shape index (κ3) is 4.16. The van der Waals surface area contributed by atoms with Crippen LogP contribution in [0.25, 0.3) is 10.3 Å². The summed E-state index contributed by atoms with van der Waals surface area (Å²) in [7, 11) is -2.27. The van der Waals surface area contributed by atoms with Crippen molar-refractivity contribution in [2.75, 3.05) is 51.3 Å². The lowest BCUT2D eigenvalue weighted by molar-refractivity contribution is 0.0746. The molecule has 0 aliphatic carbocycles. The Morgan fingerprint density at radius 2 is 1.82 bits per heavy atom. The van der Waals surface area contributed by atoms with Gasteiger partial charge < -0.3 is 14.5 Å². The molecule has 0 N–H and O–H groups in total. The van der Waals surface area contributed by atoms with E-state index in [9.17, 15) is 13.2 Å². The number of thiazole rings is 1. The van der Waals surface area contributed by atoms with Crippen LogP contribution in [-0.4, -0.2) is 79.9 Å². The second-order valence-corrected chi connectivity index (χ2v) is 10.9. The summed E-state index contributed by atoms with van der Waals surface area (Å²) in [6.07, 6.45) is 3.44. The van der Waals surface area contributed by atoms with E-state index in [-0.39, 0.29) is 16.6 Å². The molecule has 9 nitrogen and oxygen atoms in total. The summed E-state index contributed by atoms with van der Waals surface area (Å²) >= 11 is 1.55. The van der Waals surface area contributed by atoms with E-state index >= 15 is 0 Å². The Hall–Kier alpha value is -2.76. The molecular formula is C22H25N5O4S2. The monoisotopic (exact) mass is 487 g/mol. The summed E-state index contributed by atoms with van der Waals surface area (Å²) in [5.74, 6) is 0.0776. The molecule has 3 aromatic rings. The molecular weight excluding hydrogens is 462 g/mol. The smallest absolute Gasteiger partial charge is 0.254 e. The van der Waals surface area contributed by atoms with Crippen LogP contribution in [-0.2, 0) is 10.0 Å². The first-order valence-corrected chi connectivity index (χ1v) is 13.2. The van der Waals surface area contributed by atoms with Gasteiger partial charge in [-0.25, -0.2) is 18.4 Å². The number of piperazine rings is 1. The predicted molar refractivity (Wildman–Crippen MR) is 127 cm³/mol. The number of rotatable bonds is 5. The predicted octanol–water partition coefficient (Wildman–Crippen LogP) is 2.45. The molecule has 0 unspecified atom stereocenters. The molecule has 33 heavy (non-hydrogen) atoms. The van der Waals surface area contributed by atoms with Crippen LogP contribution in [0, 0.1) is 0 Å². The largest absolute Gasteiger partial charge is 0.495 e. The van der Waals surface area contributed by atoms with Crippen LogP contribution >= 0.6 is 11.3 Å². The number of anilines is 1. The molecule has 4 heterocycles. The SMILES string of the molecule is COc1ccc(C(=O)N2CCN(c3nc4cccnc4s3)CC2)cc1S(=O)(=O)N1CCCC1. The first kappa shape index (κ1) is 22.1. The number of hydrogen-bond acceptors (Lipinski definition) is 8. The molecule has 2 aromatic heterocycles. The fourth-order valence-electron chi connectivity index (χ4n) is 4.26. The minimum absolute atomic E-state index is 0.0540. The van der Waals surface area contributed by atoms with Gasteiger partial charge in [0.1, 0.15) is 21.0 Å². The van der Waals surface area contributed by atoms with Gasteiger partial charge in [-0.3, -0.25) is 4.79 Å². The van der Waals surface area contributed by atoms with Crippen LogP contribution in [0.3, 0.4) is 0 Å². The maximum atomic E-state index is 13.2. The molecule has 2 saturated heterocycles. The number of benzene rings is 1. The zero-order valence-electron chi connectivity index (χ0n) is 18.3. The van der Waals surface area contributed by atoms with Crippen LogP contribution in [0.2, 0.25) is 0 Å². The first-order chi connectivity index (χ1) is 16.0. The van der Waals surface area contributed by atoms with Crippen molar-refractivity contribution in [3.8, 4) is 5.75 Å². The van der Waals surface area contributed by atoms with E-state index in [2.05, 4.69) is 14.9 Å². The summed E-state index contributed by atoms with van der Waals surface area (Å²) < 4.78 is 33.1. The van der Waals surface area contributed by atoms with Crippen molar-refractivity contribution in [1.29, 1.82) is 0 Å². The van der Waals surface area contributed by atoms with Gasteiger partial charge in [0.15, 0.2) is 5.13 Å². The Balaban J connectivity index is 1.32. The number of pyridine rings is 1. The maximum Gasteiger partial charge on any atom is 0.254 e. The lowest BCUT2D eigenvalue weighted by Crippen LogP contribution is -2.48. The molecule has 174 valence electrons. The van der Waals surface area contributed by atoms with Crippen molar-refractivity contribution < 1.29 is 17.9 Å². The number of ether oxygens (including phenoxy) is 1. The second-order valence-electron chi connectivity index (χ2n) is 8.08. The summed E-state index contributed by atoms with van der Waals surface area (Å²) in [5.41, 5.74) is 1.23. The number of methoxy groups -OCH3 is 1. The lowest BCUT2D eigenvalue weighted by atomic mass is 10.1. The number of fused-ring (bicyclic) bond motifs is 1. The average Bonchev–Trinajstić information content (AvgIpc) is 3.54. The molecule has 2 fully saturated rings. The number of sulfonamides is 1. The van der Waals surface area contributed by atoms with Gasteiger partial charge in [0, 0.05) is 51.0 Å². The minimum Gasteiger partial charge on any atom is -0.495 e. The zero-order chi connectivity index (χ0) is 23.0. The van der Waals surface area contributed by atoms with Crippen LogP contribution in [0.4, 0.5) is 5.13 Å². The molecule has 0 bridgehead atoms. The van der Waals surface area contributed by atoms with E-state index in [0.717, 1.165) is 28.3 Å². The van der Waals surface area contributed by atoms with Gasteiger partial charge in [-0.15, -0.1) is 0 Å². The number of aromatic nitrogens is 2. The van der Waals surface area contributed by atoms with Crippen LogP contribution in [0.15, 0.2) is 41.4 Å². The summed E-state index contributed by atoms with van der Waals surface area (Å²) in [5, 5.41) is 0.902.